The zero-order valence-corrected chi connectivity index (χ0v) is 5.09. The fourth-order valence-electron chi connectivity index (χ4n) is 0.240. The van der Waals surface area contributed by atoms with Crippen LogP contribution < -0.4 is 5.32 Å². The maximum absolute atomic E-state index is 10.4. The van der Waals surface area contributed by atoms with Gasteiger partial charge < -0.3 is 15.5 Å². The van der Waals surface area contributed by atoms with E-state index < -0.39 is 12.3 Å². The fourth-order valence-corrected chi connectivity index (χ4v) is 0.240. The van der Waals surface area contributed by atoms with Gasteiger partial charge in [0.2, 0.25) is 12.3 Å². The molecular weight excluding hydrogens is 122 g/mol. The zero-order chi connectivity index (χ0) is 7.44. The second kappa shape index (κ2) is 3.21. The summed E-state index contributed by atoms with van der Waals surface area (Å²) < 4.78 is 0. The van der Waals surface area contributed by atoms with Crippen molar-refractivity contribution < 1.29 is 15.0 Å². The first-order valence-electron chi connectivity index (χ1n) is 2.36. The highest BCUT2D eigenvalue weighted by molar-refractivity contribution is 5.92. The molecule has 3 N–H and O–H groups in total. The summed E-state index contributed by atoms with van der Waals surface area (Å²) in [5, 5.41) is 18.1. The molecule has 0 saturated heterocycles. The van der Waals surface area contributed by atoms with E-state index in [2.05, 4.69) is 6.58 Å². The van der Waals surface area contributed by atoms with Gasteiger partial charge in [0.25, 0.3) is 0 Å². The maximum Gasteiger partial charge on any atom is 0.250 e. The van der Waals surface area contributed by atoms with Crippen molar-refractivity contribution in [2.24, 2.45) is 0 Å². The van der Waals surface area contributed by atoms with Crippen molar-refractivity contribution in [2.75, 3.05) is 0 Å². The van der Waals surface area contributed by atoms with E-state index in [1.54, 1.807) is 0 Å². The van der Waals surface area contributed by atoms with Gasteiger partial charge in [0.15, 0.2) is 0 Å². The van der Waals surface area contributed by atoms with Crippen LogP contribution in [-0.4, -0.2) is 22.5 Å². The van der Waals surface area contributed by atoms with E-state index in [1.165, 1.54) is 6.92 Å². The highest BCUT2D eigenvalue weighted by Gasteiger charge is 2.03. The van der Waals surface area contributed by atoms with Crippen molar-refractivity contribution in [2.45, 2.75) is 13.3 Å². The summed E-state index contributed by atoms with van der Waals surface area (Å²) in [7, 11) is 0. The molecule has 0 atom stereocenters. The molecule has 0 aliphatic carbocycles. The van der Waals surface area contributed by atoms with Crippen LogP contribution in [0.3, 0.4) is 0 Å². The molecule has 0 aromatic rings. The number of carbonyl (C=O) groups excluding carboxylic acids is 1. The highest BCUT2D eigenvalue weighted by Crippen LogP contribution is 1.84. The number of aliphatic hydroxyl groups is 2. The van der Waals surface area contributed by atoms with Crippen molar-refractivity contribution in [3.63, 3.8) is 0 Å². The Morgan fingerprint density at radius 1 is 1.67 bits per heavy atom. The van der Waals surface area contributed by atoms with Crippen molar-refractivity contribution in [1.82, 2.24) is 5.32 Å². The minimum Gasteiger partial charge on any atom is -0.351 e. The molecule has 1 amide bonds. The first-order valence-corrected chi connectivity index (χ1v) is 2.36. The quantitative estimate of drug-likeness (QED) is 0.330. The smallest absolute Gasteiger partial charge is 0.250 e. The minimum atomic E-state index is -1.80. The summed E-state index contributed by atoms with van der Waals surface area (Å²) in [5.41, 5.74) is 0.239. The summed E-state index contributed by atoms with van der Waals surface area (Å²) in [5.74, 6) is -0.565. The summed E-state index contributed by atoms with van der Waals surface area (Å²) in [4.78, 5) is 10.4. The van der Waals surface area contributed by atoms with Crippen molar-refractivity contribution >= 4 is 5.91 Å². The molecule has 52 valence electrons. The van der Waals surface area contributed by atoms with Crippen LogP contribution in [0.25, 0.3) is 0 Å². The predicted octanol–water partition coefficient (Wildman–Crippen LogP) is -1.05. The Balaban J connectivity index is 3.65. The third kappa shape index (κ3) is 3.69. The van der Waals surface area contributed by atoms with Gasteiger partial charge in [-0.2, -0.15) is 0 Å². The molecule has 0 fully saturated rings. The predicted molar refractivity (Wildman–Crippen MR) is 31.2 cm³/mol. The number of amides is 1. The lowest BCUT2D eigenvalue weighted by Crippen LogP contribution is -2.34. The van der Waals surface area contributed by atoms with E-state index in [-0.39, 0.29) is 5.57 Å². The van der Waals surface area contributed by atoms with E-state index in [0.29, 0.717) is 0 Å². The molecular formula is C5H9NO3. The molecule has 0 unspecified atom stereocenters. The molecule has 0 radical (unpaired) electrons. The molecule has 4 nitrogen and oxygen atoms in total. The number of nitrogens with one attached hydrogen (secondary N) is 1. The molecule has 0 heterocycles. The van der Waals surface area contributed by atoms with Gasteiger partial charge in [0, 0.05) is 5.57 Å². The number of rotatable bonds is 2. The number of hydrogen-bond donors (Lipinski definition) is 3. The number of hydrogen-bond acceptors (Lipinski definition) is 3. The Bertz CT molecular complexity index is 130. The highest BCUT2D eigenvalue weighted by atomic mass is 16.5. The first-order chi connectivity index (χ1) is 4.04. The minimum absolute atomic E-state index is 0.239. The third-order valence-electron chi connectivity index (χ3n) is 0.648. The summed E-state index contributed by atoms with van der Waals surface area (Å²) in [6.45, 7) is 4.74. The molecule has 0 bridgehead atoms. The summed E-state index contributed by atoms with van der Waals surface area (Å²) in [6, 6.07) is 0. The molecule has 0 aromatic carbocycles. The summed E-state index contributed by atoms with van der Waals surface area (Å²) in [6.07, 6.45) is -1.80. The van der Waals surface area contributed by atoms with Crippen LogP contribution in [0.15, 0.2) is 12.2 Å². The second-order valence-corrected chi connectivity index (χ2v) is 1.63. The van der Waals surface area contributed by atoms with Gasteiger partial charge in [-0.15, -0.1) is 0 Å². The third-order valence-corrected chi connectivity index (χ3v) is 0.648. The lowest BCUT2D eigenvalue weighted by molar-refractivity contribution is -0.130. The molecule has 0 rings (SSSR count). The van der Waals surface area contributed by atoms with Crippen molar-refractivity contribution in [3.05, 3.63) is 12.2 Å². The van der Waals surface area contributed by atoms with Gasteiger partial charge in [-0.25, -0.2) is 0 Å². The van der Waals surface area contributed by atoms with Crippen LogP contribution in [0.5, 0.6) is 0 Å². The molecule has 0 aliphatic rings. The van der Waals surface area contributed by atoms with Crippen molar-refractivity contribution in [1.29, 1.82) is 0 Å². The standard InChI is InChI=1S/C5H9NO3/c1-3(2)4(7)6-5(8)9/h5,8-9H,1H2,2H3,(H,6,7). The molecule has 4 heteroatoms. The Morgan fingerprint density at radius 2 is 2.11 bits per heavy atom. The molecule has 0 aromatic heterocycles. The zero-order valence-electron chi connectivity index (χ0n) is 5.09. The van der Waals surface area contributed by atoms with E-state index in [4.69, 9.17) is 10.2 Å². The van der Waals surface area contributed by atoms with E-state index in [1.807, 2.05) is 5.32 Å². The Hall–Kier alpha value is -0.870. The molecule has 9 heavy (non-hydrogen) atoms. The fraction of sp³-hybridized carbons (Fsp3) is 0.400. The van der Waals surface area contributed by atoms with Crippen molar-refractivity contribution in [3.8, 4) is 0 Å². The van der Waals surface area contributed by atoms with Gasteiger partial charge >= 0.3 is 0 Å². The van der Waals surface area contributed by atoms with Crippen LogP contribution in [0.2, 0.25) is 0 Å². The van der Waals surface area contributed by atoms with Crippen LogP contribution in [0.4, 0.5) is 0 Å². The lowest BCUT2D eigenvalue weighted by Gasteiger charge is -2.04. The van der Waals surface area contributed by atoms with Crippen LogP contribution in [0, 0.1) is 0 Å². The average Bonchev–Trinajstić information content (AvgIpc) is 1.63. The Morgan fingerprint density at radius 3 is 2.22 bits per heavy atom. The molecule has 0 aliphatic heterocycles. The van der Waals surface area contributed by atoms with Crippen LogP contribution >= 0.6 is 0 Å². The first kappa shape index (κ1) is 8.13. The van der Waals surface area contributed by atoms with Crippen LogP contribution in [-0.2, 0) is 4.79 Å². The lowest BCUT2D eigenvalue weighted by atomic mass is 10.3. The van der Waals surface area contributed by atoms with Gasteiger partial charge in [0.1, 0.15) is 0 Å². The largest absolute Gasteiger partial charge is 0.351 e. The maximum atomic E-state index is 10.4. The summed E-state index contributed by atoms with van der Waals surface area (Å²) >= 11 is 0. The monoisotopic (exact) mass is 131 g/mol. The van der Waals surface area contributed by atoms with Crippen LogP contribution in [0.1, 0.15) is 6.92 Å². The van der Waals surface area contributed by atoms with E-state index in [9.17, 15) is 4.79 Å². The van der Waals surface area contributed by atoms with E-state index in [0.717, 1.165) is 0 Å². The number of aliphatic hydroxyl groups excluding tert-OH is 1. The van der Waals surface area contributed by atoms with Gasteiger partial charge in [-0.3, -0.25) is 4.79 Å². The Kier molecular flexibility index (Phi) is 2.90. The average molecular weight is 131 g/mol. The van der Waals surface area contributed by atoms with E-state index >= 15 is 0 Å². The van der Waals surface area contributed by atoms with Gasteiger partial charge in [0.05, 0.1) is 0 Å². The number of carbonyl (C=O) groups is 1. The second-order valence-electron chi connectivity index (χ2n) is 1.63. The molecule has 0 saturated carbocycles. The van der Waals surface area contributed by atoms with Gasteiger partial charge in [-0.1, -0.05) is 6.58 Å². The SMILES string of the molecule is C=C(C)C(=O)NC(O)O. The molecule has 0 spiro atoms. The van der Waals surface area contributed by atoms with Gasteiger partial charge in [-0.05, 0) is 6.92 Å². The normalized spacial score (nSPS) is 9.33. The Labute approximate surface area is 52.8 Å². The topological polar surface area (TPSA) is 69.6 Å².